The Labute approximate surface area is 195 Å². The molecule has 154 valence electrons. The Morgan fingerprint density at radius 2 is 1.53 bits per heavy atom. The molecule has 3 aromatic carbocycles. The summed E-state index contributed by atoms with van der Waals surface area (Å²) in [6.45, 7) is 0. The van der Waals surface area contributed by atoms with Crippen LogP contribution in [-0.4, -0.2) is 16.6 Å². The lowest BCUT2D eigenvalue weighted by molar-refractivity contribution is 0.0990. The first-order valence-electron chi connectivity index (χ1n) is 9.68. The molecule has 1 aliphatic carbocycles. The Morgan fingerprint density at radius 3 is 2.25 bits per heavy atom. The van der Waals surface area contributed by atoms with Crippen LogP contribution in [0, 0.1) is 0 Å². The molecule has 0 N–H and O–H groups in total. The molecule has 4 nitrogen and oxygen atoms in total. The third-order valence-electron chi connectivity index (χ3n) is 5.45. The van der Waals surface area contributed by atoms with Gasteiger partial charge < -0.3 is 4.42 Å². The second kappa shape index (κ2) is 7.14. The number of benzene rings is 3. The minimum atomic E-state index is -0.396. The number of carbonyl (C=O) groups is 2. The highest BCUT2D eigenvalue weighted by molar-refractivity contribution is 7.21. The van der Waals surface area contributed by atoms with Crippen LogP contribution in [0.15, 0.2) is 70.7 Å². The number of hydrogen-bond acceptors (Lipinski definition) is 5. The van der Waals surface area contributed by atoms with E-state index in [1.54, 1.807) is 6.07 Å². The summed E-state index contributed by atoms with van der Waals surface area (Å²) >= 11 is 13.5. The van der Waals surface area contributed by atoms with Crippen molar-refractivity contribution in [3.63, 3.8) is 0 Å². The SMILES string of the molecule is O=C1C(=Cc2cc3sc(-c4cccc5ccccc45)nc3o2)C(=O)c2cc(Cl)c(Cl)cc21. The van der Waals surface area contributed by atoms with Crippen LogP contribution in [-0.2, 0) is 0 Å². The maximum atomic E-state index is 12.7. The van der Waals surface area contributed by atoms with E-state index < -0.39 is 11.6 Å². The summed E-state index contributed by atoms with van der Waals surface area (Å²) in [5.74, 6) is -0.398. The summed E-state index contributed by atoms with van der Waals surface area (Å²) in [6.07, 6.45) is 1.46. The highest BCUT2D eigenvalue weighted by atomic mass is 35.5. The Balaban J connectivity index is 1.39. The number of fused-ring (bicyclic) bond motifs is 3. The van der Waals surface area contributed by atoms with Crippen molar-refractivity contribution in [3.8, 4) is 10.6 Å². The average Bonchev–Trinajstić information content (AvgIpc) is 3.42. The Hall–Kier alpha value is -3.25. The molecule has 0 fully saturated rings. The van der Waals surface area contributed by atoms with E-state index in [1.807, 2.05) is 24.3 Å². The van der Waals surface area contributed by atoms with Gasteiger partial charge in [0.05, 0.1) is 20.3 Å². The Morgan fingerprint density at radius 1 is 0.844 bits per heavy atom. The largest absolute Gasteiger partial charge is 0.437 e. The summed E-state index contributed by atoms with van der Waals surface area (Å²) in [6, 6.07) is 18.9. The minimum absolute atomic E-state index is 0.0222. The van der Waals surface area contributed by atoms with Gasteiger partial charge in [-0.1, -0.05) is 65.7 Å². The molecule has 0 spiro atoms. The van der Waals surface area contributed by atoms with Crippen LogP contribution in [0.2, 0.25) is 10.0 Å². The van der Waals surface area contributed by atoms with Crippen molar-refractivity contribution in [1.82, 2.24) is 4.98 Å². The highest BCUT2D eigenvalue weighted by Crippen LogP contribution is 2.38. The van der Waals surface area contributed by atoms with Gasteiger partial charge in [0, 0.05) is 22.8 Å². The molecule has 0 amide bonds. The quantitative estimate of drug-likeness (QED) is 0.196. The fraction of sp³-hybridized carbons (Fsp3) is 0. The van der Waals surface area contributed by atoms with E-state index in [0.29, 0.717) is 11.5 Å². The maximum absolute atomic E-state index is 12.7. The maximum Gasteiger partial charge on any atom is 0.238 e. The number of nitrogens with zero attached hydrogens (tertiary/aromatic N) is 1. The number of Topliss-reactive ketones (excluding diaryl/α,β-unsaturated/α-hetero) is 2. The molecule has 0 bridgehead atoms. The second-order valence-electron chi connectivity index (χ2n) is 7.39. The monoisotopic (exact) mass is 475 g/mol. The van der Waals surface area contributed by atoms with Crippen LogP contribution in [0.5, 0.6) is 0 Å². The van der Waals surface area contributed by atoms with Gasteiger partial charge in [-0.3, -0.25) is 9.59 Å². The van der Waals surface area contributed by atoms with Gasteiger partial charge in [-0.05, 0) is 29.0 Å². The first kappa shape index (κ1) is 19.4. The molecule has 7 heteroatoms. The number of ketones is 2. The van der Waals surface area contributed by atoms with Gasteiger partial charge >= 0.3 is 0 Å². The summed E-state index contributed by atoms with van der Waals surface area (Å²) in [5.41, 5.74) is 2.02. The van der Waals surface area contributed by atoms with E-state index in [-0.39, 0.29) is 26.7 Å². The first-order valence-corrected chi connectivity index (χ1v) is 11.3. The van der Waals surface area contributed by atoms with E-state index in [1.165, 1.54) is 29.5 Å². The van der Waals surface area contributed by atoms with Crippen LogP contribution in [0.25, 0.3) is 37.8 Å². The van der Waals surface area contributed by atoms with Crippen molar-refractivity contribution < 1.29 is 14.0 Å². The molecule has 6 rings (SSSR count). The number of thiazole rings is 1. The molecule has 0 atom stereocenters. The topological polar surface area (TPSA) is 60.2 Å². The second-order valence-corrected chi connectivity index (χ2v) is 9.24. The van der Waals surface area contributed by atoms with Crippen LogP contribution >= 0.6 is 34.5 Å². The summed E-state index contributed by atoms with van der Waals surface area (Å²) < 4.78 is 6.69. The molecule has 0 unspecified atom stereocenters. The normalized spacial score (nSPS) is 13.4. The number of allylic oxidation sites excluding steroid dienone is 1. The molecule has 5 aromatic rings. The number of hydrogen-bond donors (Lipinski definition) is 0. The van der Waals surface area contributed by atoms with Gasteiger partial charge in [-0.25, -0.2) is 4.98 Å². The zero-order chi connectivity index (χ0) is 22.0. The predicted molar refractivity (Wildman–Crippen MR) is 128 cm³/mol. The van der Waals surface area contributed by atoms with Crippen LogP contribution in [0.3, 0.4) is 0 Å². The first-order chi connectivity index (χ1) is 15.5. The molecule has 2 heterocycles. The summed E-state index contributed by atoms with van der Waals surface area (Å²) in [4.78, 5) is 30.1. The zero-order valence-corrected chi connectivity index (χ0v) is 18.5. The van der Waals surface area contributed by atoms with Crippen molar-refractivity contribution in [2.45, 2.75) is 0 Å². The van der Waals surface area contributed by atoms with E-state index >= 15 is 0 Å². The van der Waals surface area contributed by atoms with Gasteiger partial charge in [0.25, 0.3) is 0 Å². The summed E-state index contributed by atoms with van der Waals surface area (Å²) in [7, 11) is 0. The van der Waals surface area contributed by atoms with Crippen molar-refractivity contribution in [2.75, 3.05) is 0 Å². The van der Waals surface area contributed by atoms with Crippen LogP contribution in [0.4, 0.5) is 0 Å². The van der Waals surface area contributed by atoms with E-state index in [2.05, 4.69) is 23.2 Å². The van der Waals surface area contributed by atoms with Gasteiger partial charge in [-0.2, -0.15) is 0 Å². The summed E-state index contributed by atoms with van der Waals surface area (Å²) in [5, 5.41) is 3.57. The molecule has 0 radical (unpaired) electrons. The molecule has 2 aromatic heterocycles. The fourth-order valence-corrected chi connectivity index (χ4v) is 5.24. The molecule has 32 heavy (non-hydrogen) atoms. The standard InChI is InChI=1S/C25H11Cl2NO3S/c26-19-10-16-17(11-20(19)27)23(30)18(22(16)29)8-13-9-21-24(31-13)28-25(32-21)15-7-3-5-12-4-1-2-6-14(12)15/h1-11H. The Bertz CT molecular complexity index is 1560. The molecule has 0 saturated heterocycles. The van der Waals surface area contributed by atoms with Crippen molar-refractivity contribution >= 4 is 73.4 Å². The zero-order valence-electron chi connectivity index (χ0n) is 16.2. The number of carbonyl (C=O) groups excluding carboxylic acids is 2. The highest BCUT2D eigenvalue weighted by Gasteiger charge is 2.34. The molecule has 0 saturated carbocycles. The number of furan rings is 1. The lowest BCUT2D eigenvalue weighted by Gasteiger charge is -2.02. The molecule has 0 aliphatic heterocycles. The molecular weight excluding hydrogens is 465 g/mol. The number of halogens is 2. The lowest BCUT2D eigenvalue weighted by atomic mass is 10.1. The van der Waals surface area contributed by atoms with Gasteiger partial charge in [-0.15, -0.1) is 11.3 Å². The molecule has 1 aliphatic rings. The van der Waals surface area contributed by atoms with E-state index in [4.69, 9.17) is 27.6 Å². The smallest absolute Gasteiger partial charge is 0.238 e. The van der Waals surface area contributed by atoms with Gasteiger partial charge in [0.1, 0.15) is 10.8 Å². The third-order valence-corrected chi connectivity index (χ3v) is 7.19. The third kappa shape index (κ3) is 2.93. The van der Waals surface area contributed by atoms with Crippen molar-refractivity contribution in [2.24, 2.45) is 0 Å². The van der Waals surface area contributed by atoms with Crippen LogP contribution in [0.1, 0.15) is 26.5 Å². The van der Waals surface area contributed by atoms with Gasteiger partial charge in [0.15, 0.2) is 11.6 Å². The number of rotatable bonds is 2. The number of aromatic nitrogens is 1. The van der Waals surface area contributed by atoms with Gasteiger partial charge in [0.2, 0.25) is 5.71 Å². The Kier molecular flexibility index (Phi) is 4.33. The van der Waals surface area contributed by atoms with E-state index in [9.17, 15) is 9.59 Å². The predicted octanol–water partition coefficient (Wildman–Crippen LogP) is 7.48. The average molecular weight is 476 g/mol. The van der Waals surface area contributed by atoms with Crippen LogP contribution < -0.4 is 0 Å². The van der Waals surface area contributed by atoms with E-state index in [0.717, 1.165) is 26.0 Å². The lowest BCUT2D eigenvalue weighted by Crippen LogP contribution is -1.99. The van der Waals surface area contributed by atoms with Crippen molar-refractivity contribution in [3.05, 3.63) is 93.2 Å². The molecular formula is C25H11Cl2NO3S. The van der Waals surface area contributed by atoms with Crippen molar-refractivity contribution in [1.29, 1.82) is 0 Å². The fourth-order valence-electron chi connectivity index (χ4n) is 3.94. The minimum Gasteiger partial charge on any atom is -0.437 e.